The molecule has 1 saturated heterocycles. The monoisotopic (exact) mass is 559 g/mol. The number of alkyl carbamates (subject to hydrolysis) is 1. The van der Waals surface area contributed by atoms with Gasteiger partial charge in [0, 0.05) is 41.0 Å². The third-order valence-electron chi connectivity index (χ3n) is 6.32. The number of anilines is 1. The van der Waals surface area contributed by atoms with Gasteiger partial charge in [-0.05, 0) is 75.4 Å². The molecule has 204 valence electrons. The number of fused-ring (bicyclic) bond motifs is 1. The highest BCUT2D eigenvalue weighted by molar-refractivity contribution is 7.99. The zero-order valence-electron chi connectivity index (χ0n) is 21.9. The van der Waals surface area contributed by atoms with Crippen LogP contribution in [0.2, 0.25) is 5.02 Å². The average Bonchev–Trinajstić information content (AvgIpc) is 3.00. The van der Waals surface area contributed by atoms with E-state index in [-0.39, 0.29) is 18.4 Å². The fourth-order valence-electron chi connectivity index (χ4n) is 4.32. The summed E-state index contributed by atoms with van der Waals surface area (Å²) >= 11 is 7.52. The van der Waals surface area contributed by atoms with Crippen LogP contribution in [0, 0.1) is 5.92 Å². The number of halogens is 1. The van der Waals surface area contributed by atoms with Crippen molar-refractivity contribution in [1.82, 2.24) is 10.6 Å². The molecule has 0 radical (unpaired) electrons. The van der Waals surface area contributed by atoms with Crippen LogP contribution < -0.4 is 15.5 Å². The zero-order chi connectivity index (χ0) is 27.3. The number of carbonyl (C=O) groups excluding carboxylic acids is 3. The fourth-order valence-corrected chi connectivity index (χ4v) is 5.50. The van der Waals surface area contributed by atoms with Gasteiger partial charge in [-0.15, -0.1) is 11.8 Å². The first kappa shape index (κ1) is 28.3. The minimum absolute atomic E-state index is 0.184. The SMILES string of the molecule is CC(C)(C)OC(=O)N[C@H]1CSc2ccc(C(=O)NCC3CCOCC3)cc2N(Cc2ccc(Cl)cc2)C1=O. The Morgan fingerprint density at radius 2 is 1.84 bits per heavy atom. The molecule has 0 saturated carbocycles. The van der Waals surface area contributed by atoms with Crippen LogP contribution in [0.4, 0.5) is 10.5 Å². The molecule has 2 aliphatic heterocycles. The van der Waals surface area contributed by atoms with Gasteiger partial charge in [0.05, 0.1) is 12.2 Å². The molecule has 0 bridgehead atoms. The first-order chi connectivity index (χ1) is 18.1. The molecule has 0 aliphatic carbocycles. The Balaban J connectivity index is 1.58. The third kappa shape index (κ3) is 7.65. The zero-order valence-corrected chi connectivity index (χ0v) is 23.5. The highest BCUT2D eigenvalue weighted by Crippen LogP contribution is 2.36. The van der Waals surface area contributed by atoms with Crippen molar-refractivity contribution in [3.8, 4) is 0 Å². The smallest absolute Gasteiger partial charge is 0.408 e. The van der Waals surface area contributed by atoms with E-state index in [4.69, 9.17) is 21.1 Å². The van der Waals surface area contributed by atoms with Crippen molar-refractivity contribution < 1.29 is 23.9 Å². The van der Waals surface area contributed by atoms with E-state index < -0.39 is 17.7 Å². The van der Waals surface area contributed by atoms with E-state index in [0.717, 1.165) is 36.5 Å². The van der Waals surface area contributed by atoms with Gasteiger partial charge in [0.25, 0.3) is 11.8 Å². The number of nitrogens with one attached hydrogen (secondary N) is 2. The van der Waals surface area contributed by atoms with Crippen LogP contribution in [0.3, 0.4) is 0 Å². The fraction of sp³-hybridized carbons (Fsp3) is 0.464. The molecule has 2 aromatic rings. The number of amides is 3. The Morgan fingerprint density at radius 1 is 1.13 bits per heavy atom. The van der Waals surface area contributed by atoms with E-state index in [1.807, 2.05) is 18.2 Å². The average molecular weight is 560 g/mol. The molecule has 4 rings (SSSR count). The molecule has 1 atom stereocenters. The van der Waals surface area contributed by atoms with Crippen molar-refractivity contribution in [2.24, 2.45) is 5.92 Å². The van der Waals surface area contributed by atoms with Gasteiger partial charge < -0.3 is 25.0 Å². The molecule has 3 amide bonds. The van der Waals surface area contributed by atoms with Gasteiger partial charge >= 0.3 is 6.09 Å². The molecule has 2 aromatic carbocycles. The quantitative estimate of drug-likeness (QED) is 0.515. The molecule has 2 heterocycles. The summed E-state index contributed by atoms with van der Waals surface area (Å²) in [5.74, 6) is 0.261. The summed E-state index contributed by atoms with van der Waals surface area (Å²) in [6.45, 7) is 7.59. The maximum absolute atomic E-state index is 13.8. The molecular weight excluding hydrogens is 526 g/mol. The van der Waals surface area contributed by atoms with Crippen molar-refractivity contribution in [2.75, 3.05) is 30.4 Å². The second-order valence-corrected chi connectivity index (χ2v) is 12.0. The van der Waals surface area contributed by atoms with Gasteiger partial charge in [-0.2, -0.15) is 0 Å². The molecule has 0 spiro atoms. The number of carbonyl (C=O) groups is 3. The molecule has 2 aliphatic rings. The summed E-state index contributed by atoms with van der Waals surface area (Å²) in [6, 6.07) is 11.8. The van der Waals surface area contributed by atoms with E-state index in [9.17, 15) is 14.4 Å². The summed E-state index contributed by atoms with van der Waals surface area (Å²) in [7, 11) is 0. The number of hydrogen-bond acceptors (Lipinski definition) is 6. The molecule has 0 aromatic heterocycles. The second-order valence-electron chi connectivity index (χ2n) is 10.5. The van der Waals surface area contributed by atoms with E-state index in [1.54, 1.807) is 49.9 Å². The van der Waals surface area contributed by atoms with E-state index in [2.05, 4.69) is 10.6 Å². The highest BCUT2D eigenvalue weighted by atomic mass is 35.5. The lowest BCUT2D eigenvalue weighted by molar-refractivity contribution is -0.120. The summed E-state index contributed by atoms with van der Waals surface area (Å²) in [6.07, 6.45) is 1.20. The minimum Gasteiger partial charge on any atom is -0.444 e. The Morgan fingerprint density at radius 3 is 2.53 bits per heavy atom. The summed E-state index contributed by atoms with van der Waals surface area (Å²) in [5, 5.41) is 6.37. The molecule has 38 heavy (non-hydrogen) atoms. The normalized spacial score (nSPS) is 18.4. The van der Waals surface area contributed by atoms with Crippen molar-refractivity contribution in [3.05, 3.63) is 58.6 Å². The van der Waals surface area contributed by atoms with Crippen molar-refractivity contribution >= 4 is 47.0 Å². The Labute approximate surface area is 232 Å². The second kappa shape index (κ2) is 12.4. The number of thioether (sulfide) groups is 1. The molecule has 8 nitrogen and oxygen atoms in total. The summed E-state index contributed by atoms with van der Waals surface area (Å²) in [5.41, 5.74) is 1.28. The Hall–Kier alpha value is -2.75. The predicted molar refractivity (Wildman–Crippen MR) is 149 cm³/mol. The lowest BCUT2D eigenvalue weighted by atomic mass is 10.0. The highest BCUT2D eigenvalue weighted by Gasteiger charge is 2.33. The first-order valence-corrected chi connectivity index (χ1v) is 14.1. The largest absolute Gasteiger partial charge is 0.444 e. The number of nitrogens with zero attached hydrogens (tertiary/aromatic N) is 1. The van der Waals surface area contributed by atoms with Gasteiger partial charge in [0.2, 0.25) is 0 Å². The Kier molecular flexibility index (Phi) is 9.23. The van der Waals surface area contributed by atoms with Crippen LogP contribution in [0.1, 0.15) is 49.5 Å². The van der Waals surface area contributed by atoms with E-state index >= 15 is 0 Å². The van der Waals surface area contributed by atoms with Gasteiger partial charge in [-0.3, -0.25) is 9.59 Å². The molecular formula is C28H34ClN3O5S. The number of hydrogen-bond donors (Lipinski definition) is 2. The maximum Gasteiger partial charge on any atom is 0.408 e. The van der Waals surface area contributed by atoms with Crippen LogP contribution in [-0.4, -0.2) is 55.1 Å². The van der Waals surface area contributed by atoms with Crippen molar-refractivity contribution in [2.45, 2.75) is 56.7 Å². The first-order valence-electron chi connectivity index (χ1n) is 12.8. The van der Waals surface area contributed by atoms with Gasteiger partial charge in [-0.25, -0.2) is 4.79 Å². The topological polar surface area (TPSA) is 97.0 Å². The van der Waals surface area contributed by atoms with Crippen molar-refractivity contribution in [3.63, 3.8) is 0 Å². The lowest BCUT2D eigenvalue weighted by Crippen LogP contribution is -2.50. The standard InChI is InChI=1S/C28H34ClN3O5S/c1-28(2,3)37-27(35)31-22-17-38-24-9-6-20(25(33)30-15-18-10-12-36-13-11-18)14-23(24)32(26(22)34)16-19-4-7-21(29)8-5-19/h4-9,14,18,22H,10-13,15-17H2,1-3H3,(H,30,33)(H,31,35)/t22-/m0/s1. The van der Waals surface area contributed by atoms with Gasteiger partial charge in [0.1, 0.15) is 11.6 Å². The van der Waals surface area contributed by atoms with Gasteiger partial charge in [-0.1, -0.05) is 23.7 Å². The maximum atomic E-state index is 13.8. The molecule has 0 unspecified atom stereocenters. The van der Waals surface area contributed by atoms with Crippen LogP contribution >= 0.6 is 23.4 Å². The molecule has 10 heteroatoms. The molecule has 2 N–H and O–H groups in total. The van der Waals surface area contributed by atoms with Crippen LogP contribution in [0.25, 0.3) is 0 Å². The van der Waals surface area contributed by atoms with Crippen molar-refractivity contribution in [1.29, 1.82) is 0 Å². The third-order valence-corrected chi connectivity index (χ3v) is 7.73. The van der Waals surface area contributed by atoms with Gasteiger partial charge in [0.15, 0.2) is 0 Å². The predicted octanol–water partition coefficient (Wildman–Crippen LogP) is 5.03. The number of rotatable bonds is 6. The molecule has 1 fully saturated rings. The number of ether oxygens (including phenoxy) is 2. The van der Waals surface area contributed by atoms with Crippen LogP contribution in [0.15, 0.2) is 47.4 Å². The summed E-state index contributed by atoms with van der Waals surface area (Å²) < 4.78 is 10.8. The van der Waals surface area contributed by atoms with Crippen LogP contribution in [-0.2, 0) is 20.8 Å². The van der Waals surface area contributed by atoms with E-state index in [0.29, 0.717) is 34.5 Å². The minimum atomic E-state index is -0.805. The van der Waals surface area contributed by atoms with E-state index in [1.165, 1.54) is 11.8 Å². The number of benzene rings is 2. The Bertz CT molecular complexity index is 1160. The summed E-state index contributed by atoms with van der Waals surface area (Å²) in [4.78, 5) is 41.8. The lowest BCUT2D eigenvalue weighted by Gasteiger charge is -2.27. The van der Waals surface area contributed by atoms with Crippen LogP contribution in [0.5, 0.6) is 0 Å².